The molecule has 0 bridgehead atoms. The zero-order chi connectivity index (χ0) is 91.8. The molecule has 0 aliphatic carbocycles. The Kier molecular flexibility index (Phi) is 19.9. The Hall–Kier alpha value is -19.1. The Morgan fingerprint density at radius 3 is 0.768 bits per heavy atom. The summed E-state index contributed by atoms with van der Waals surface area (Å²) in [5, 5.41) is 43.0. The second-order valence-electron chi connectivity index (χ2n) is 35.0. The van der Waals surface area contributed by atoms with Crippen molar-refractivity contribution < 1.29 is 13.3 Å². The SMILES string of the molecule is N#Cc1ccc(-c2ccccc2-c2cc(-c3ccc4oc5ccccc5c4c3)cc(-n3c4ccccc4c4ccccc43)c2)cc1.N#Cc1cccc(-c2ccccc2-c2cc(-c3ccc4oc5ccccc5c4c3)cc(-n3c4ccccc4c4ccccc43)c2)c1.N#Cc1ccccc1-c1ccccc1-c1cc(-c2ccc3oc4ccccc4c3c2)cc(-n2c3ccccc3c3ccccc32)c1. The number of furan rings is 3. The Balaban J connectivity index is 0.000000110. The van der Waals surface area contributed by atoms with Gasteiger partial charge >= 0.3 is 0 Å². The molecule has 27 rings (SSSR count). The van der Waals surface area contributed by atoms with Crippen LogP contribution in [0.4, 0.5) is 0 Å². The highest BCUT2D eigenvalue weighted by Gasteiger charge is 2.24. The van der Waals surface area contributed by atoms with E-state index >= 15 is 0 Å². The molecule has 0 unspecified atom stereocenters. The maximum absolute atomic E-state index is 9.99. The van der Waals surface area contributed by atoms with Crippen LogP contribution in [0, 0.1) is 34.0 Å². The molecule has 0 radical (unpaired) electrons. The molecule has 0 saturated heterocycles. The van der Waals surface area contributed by atoms with Crippen molar-refractivity contribution in [2.24, 2.45) is 0 Å². The average Bonchev–Trinajstić information content (AvgIpc) is 1.59. The van der Waals surface area contributed by atoms with E-state index in [1.54, 1.807) is 0 Å². The molecule has 0 saturated carbocycles. The maximum Gasteiger partial charge on any atom is 0.135 e. The predicted octanol–water partition coefficient (Wildman–Crippen LogP) is 34.7. The van der Waals surface area contributed by atoms with Gasteiger partial charge in [0.05, 0.1) is 68.0 Å². The summed E-state index contributed by atoms with van der Waals surface area (Å²) < 4.78 is 25.6. The number of hydrogen-bond acceptors (Lipinski definition) is 6. The second kappa shape index (κ2) is 33.9. The zero-order valence-corrected chi connectivity index (χ0v) is 74.4. The van der Waals surface area contributed by atoms with E-state index in [1.807, 2.05) is 109 Å². The van der Waals surface area contributed by atoms with Crippen molar-refractivity contribution >= 4 is 131 Å². The minimum atomic E-state index is 0.646. The van der Waals surface area contributed by atoms with Crippen LogP contribution in [0.15, 0.2) is 486 Å². The van der Waals surface area contributed by atoms with Crippen molar-refractivity contribution in [3.8, 4) is 135 Å². The largest absolute Gasteiger partial charge is 0.456 e. The van der Waals surface area contributed by atoms with Crippen LogP contribution in [0.3, 0.4) is 0 Å². The van der Waals surface area contributed by atoms with E-state index in [2.05, 4.69) is 396 Å². The summed E-state index contributed by atoms with van der Waals surface area (Å²) in [4.78, 5) is 0. The molecule has 9 nitrogen and oxygen atoms in total. The number of aromatic nitrogens is 3. The van der Waals surface area contributed by atoms with Gasteiger partial charge in [0.15, 0.2) is 0 Å². The highest BCUT2D eigenvalue weighted by atomic mass is 16.3. The second-order valence-corrected chi connectivity index (χ2v) is 35.0. The van der Waals surface area contributed by atoms with Crippen molar-refractivity contribution in [2.75, 3.05) is 0 Å². The average molecular weight is 1760 g/mol. The van der Waals surface area contributed by atoms with Crippen LogP contribution in [0.1, 0.15) is 16.7 Å². The maximum atomic E-state index is 9.99. The number of nitrogens with zero attached hydrogens (tertiary/aromatic N) is 6. The minimum Gasteiger partial charge on any atom is -0.456 e. The van der Waals surface area contributed by atoms with Crippen molar-refractivity contribution in [1.82, 2.24) is 13.7 Å². The van der Waals surface area contributed by atoms with Crippen LogP contribution < -0.4 is 0 Å². The van der Waals surface area contributed by atoms with Gasteiger partial charge in [-0.15, -0.1) is 0 Å². The van der Waals surface area contributed by atoms with E-state index in [4.69, 9.17) is 13.3 Å². The lowest BCUT2D eigenvalue weighted by Gasteiger charge is -2.16. The molecule has 6 aromatic heterocycles. The topological polar surface area (TPSA) is 126 Å². The molecule has 0 fully saturated rings. The molecule has 0 spiro atoms. The molecule has 9 heteroatoms. The summed E-state index contributed by atoms with van der Waals surface area (Å²) in [5.74, 6) is 0. The third kappa shape index (κ3) is 14.2. The Morgan fingerprint density at radius 2 is 0.420 bits per heavy atom. The van der Waals surface area contributed by atoms with Crippen molar-refractivity contribution in [3.05, 3.63) is 490 Å². The first-order chi connectivity index (χ1) is 68.3. The Morgan fingerprint density at radius 1 is 0.152 bits per heavy atom. The van der Waals surface area contributed by atoms with Crippen LogP contribution >= 0.6 is 0 Å². The van der Waals surface area contributed by atoms with Crippen LogP contribution in [-0.4, -0.2) is 13.7 Å². The quantitative estimate of drug-likeness (QED) is 0.120. The van der Waals surface area contributed by atoms with Gasteiger partial charge in [0, 0.05) is 87.3 Å². The fourth-order valence-electron chi connectivity index (χ4n) is 20.7. The zero-order valence-electron chi connectivity index (χ0n) is 74.4. The molecule has 138 heavy (non-hydrogen) atoms. The first-order valence-corrected chi connectivity index (χ1v) is 46.2. The van der Waals surface area contributed by atoms with Gasteiger partial charge in [-0.05, 0) is 271 Å². The normalized spacial score (nSPS) is 11.5. The monoisotopic (exact) mass is 1760 g/mol. The lowest BCUT2D eigenvalue weighted by molar-refractivity contribution is 0.668. The molecule has 0 atom stereocenters. The fourth-order valence-corrected chi connectivity index (χ4v) is 20.7. The molecular formula is C129H78N6O3. The number of fused-ring (bicyclic) bond motifs is 18. The van der Waals surface area contributed by atoms with Crippen LogP contribution in [0.5, 0.6) is 0 Å². The van der Waals surface area contributed by atoms with Crippen LogP contribution in [0.25, 0.3) is 248 Å². The van der Waals surface area contributed by atoms with Gasteiger partial charge in [-0.25, -0.2) is 0 Å². The van der Waals surface area contributed by atoms with E-state index in [9.17, 15) is 15.8 Å². The number of rotatable bonds is 12. The summed E-state index contributed by atoms with van der Waals surface area (Å²) in [6, 6.07) is 172. The highest BCUT2D eigenvalue weighted by Crippen LogP contribution is 2.47. The summed E-state index contributed by atoms with van der Waals surface area (Å²) >= 11 is 0. The molecule has 21 aromatic carbocycles. The van der Waals surface area contributed by atoms with Crippen LogP contribution in [-0.2, 0) is 0 Å². The van der Waals surface area contributed by atoms with Gasteiger partial charge in [-0.1, -0.05) is 297 Å². The number of para-hydroxylation sites is 9. The summed E-state index contributed by atoms with van der Waals surface area (Å²) in [7, 11) is 0. The lowest BCUT2D eigenvalue weighted by atomic mass is 9.90. The number of nitriles is 3. The lowest BCUT2D eigenvalue weighted by Crippen LogP contribution is -1.97. The van der Waals surface area contributed by atoms with E-state index in [0.29, 0.717) is 16.7 Å². The van der Waals surface area contributed by atoms with E-state index in [0.717, 1.165) is 205 Å². The molecule has 642 valence electrons. The van der Waals surface area contributed by atoms with Gasteiger partial charge < -0.3 is 27.0 Å². The van der Waals surface area contributed by atoms with E-state index < -0.39 is 0 Å². The molecule has 0 aliphatic rings. The standard InChI is InChI=1S/3C43H26N2O/c44-27-28-10-9-11-30(22-28)34-12-1-2-13-35(34)32-23-31(29-20-21-43-39(26-29)38-16-5-8-19-42(38)46-43)24-33(25-32)45-40-17-6-3-14-36(40)37-15-4-7-18-41(37)45;44-27-28-17-19-29(20-18-28)34-9-1-2-10-35(34)32-23-31(30-21-22-43-39(26-30)38-13-5-8-16-42(38)46-43)24-33(25-32)45-40-14-6-3-11-36(40)37-12-4-7-15-41(37)45;44-27-29-11-1-2-12-33(29)35-14-4-3-13-34(35)31-23-30(28-21-22-43-39(26-28)38-17-7-10-20-42(38)46-43)24-32(25-31)45-40-18-8-5-15-36(40)37-16-6-9-19-41(37)45/h3*1-26H. The highest BCUT2D eigenvalue weighted by molar-refractivity contribution is 6.14. The van der Waals surface area contributed by atoms with E-state index in [-0.39, 0.29) is 0 Å². The van der Waals surface area contributed by atoms with Gasteiger partial charge in [0.1, 0.15) is 33.5 Å². The fraction of sp³-hybridized carbons (Fsp3) is 0. The first-order valence-electron chi connectivity index (χ1n) is 46.2. The smallest absolute Gasteiger partial charge is 0.135 e. The molecule has 0 amide bonds. The molecule has 6 heterocycles. The number of benzene rings is 21. The summed E-state index contributed by atoms with van der Waals surface area (Å²) in [5.41, 5.74) is 37.1. The van der Waals surface area contributed by atoms with Crippen molar-refractivity contribution in [2.45, 2.75) is 0 Å². The van der Waals surface area contributed by atoms with E-state index in [1.165, 1.54) is 43.4 Å². The first kappa shape index (κ1) is 80.9. The molecule has 27 aromatic rings. The summed E-state index contributed by atoms with van der Waals surface area (Å²) in [6.45, 7) is 0. The van der Waals surface area contributed by atoms with Gasteiger partial charge in [0.2, 0.25) is 0 Å². The van der Waals surface area contributed by atoms with Gasteiger partial charge in [-0.3, -0.25) is 0 Å². The Labute approximate surface area is 793 Å². The van der Waals surface area contributed by atoms with Crippen molar-refractivity contribution in [3.63, 3.8) is 0 Å². The van der Waals surface area contributed by atoms with Crippen molar-refractivity contribution in [1.29, 1.82) is 15.8 Å². The third-order valence-corrected chi connectivity index (χ3v) is 27.1. The third-order valence-electron chi connectivity index (χ3n) is 27.1. The van der Waals surface area contributed by atoms with Gasteiger partial charge in [-0.2, -0.15) is 15.8 Å². The summed E-state index contributed by atoms with van der Waals surface area (Å²) in [6.07, 6.45) is 0. The minimum absolute atomic E-state index is 0.646. The van der Waals surface area contributed by atoms with Gasteiger partial charge in [0.25, 0.3) is 0 Å². The molecule has 0 aliphatic heterocycles. The molecule has 0 N–H and O–H groups in total. The molecular weight excluding hydrogens is 1680 g/mol. The van der Waals surface area contributed by atoms with Crippen LogP contribution in [0.2, 0.25) is 0 Å². The predicted molar refractivity (Wildman–Crippen MR) is 567 cm³/mol. The number of hydrogen-bond donors (Lipinski definition) is 0. The Bertz CT molecular complexity index is 9590.